The number of phosphoric ester groups is 2. The van der Waals surface area contributed by atoms with Crippen molar-refractivity contribution in [2.45, 2.75) is 294 Å². The van der Waals surface area contributed by atoms with E-state index in [9.17, 15) is 78.3 Å². The number of carbonyl (C=O) groups excluding carboxylic acids is 5. The van der Waals surface area contributed by atoms with Crippen LogP contribution in [0.2, 0.25) is 0 Å². The van der Waals surface area contributed by atoms with Gasteiger partial charge in [0.1, 0.15) is 61.4 Å². The fraction of sp³-hybridized carbons (Fsp3) is 0.891. The molecule has 0 aliphatic carbocycles. The summed E-state index contributed by atoms with van der Waals surface area (Å²) >= 11 is 0. The minimum Gasteiger partial charge on any atom is -0.479 e. The van der Waals surface area contributed by atoms with E-state index in [-0.39, 0.29) is 12.8 Å². The Bertz CT molecular complexity index is 2130. The summed E-state index contributed by atoms with van der Waals surface area (Å²) in [7, 11) is -11.7. The number of aliphatic hydroxyl groups excluding tert-OH is 5. The Balaban J connectivity index is 1.71. The van der Waals surface area contributed by atoms with Gasteiger partial charge in [-0.05, 0) is 19.8 Å². The summed E-state index contributed by atoms with van der Waals surface area (Å²) in [6.07, 6.45) is -4.08. The third kappa shape index (κ3) is 28.2. The van der Waals surface area contributed by atoms with E-state index in [1.54, 1.807) is 0 Å². The molecule has 0 saturated carbocycles. The normalized spacial score (nSPS) is 29.4. The summed E-state index contributed by atoms with van der Waals surface area (Å²) in [5.41, 5.74) is 0. The number of carbonyl (C=O) groups is 6. The van der Waals surface area contributed by atoms with E-state index in [2.05, 4.69) is 28.8 Å². The van der Waals surface area contributed by atoms with Crippen molar-refractivity contribution in [3.63, 3.8) is 0 Å². The molecule has 10 N–H and O–H groups in total. The van der Waals surface area contributed by atoms with Crippen LogP contribution in [0.1, 0.15) is 196 Å². The standard InChI is InChI=1S/C55H98N2O27P2/c1-7-9-11-13-15-17-19-21-23-25-27-29-40(62)74-32-38(78-41(63)30-28-26-24-22-20-18-16-14-12-10-8-2)33-75-85(70,71)84-86(72,73)83-54-43(57-36(5)60)44(64)49(39(31-58)79-54)80-53-42(56-35(4)59)45(65)50(51(82-53)52(68)69)81-55-47(67)46(66)48(34(3)76-55)77-37(6)61/h34,38-39,42-51,53-55,58,64-67H,7-33H2,1-6H3,(H,56,59)(H,57,60)(H,68,69)(H,70,71)(H,72,73)/t34-,38-,39-,42+,43-,44-,45-,46+,47-,48+,49-,50+,51+,53-,54-,55-/m1/s1. The van der Waals surface area contributed by atoms with Crippen LogP contribution in [0, 0.1) is 0 Å². The van der Waals surface area contributed by atoms with Crippen molar-refractivity contribution in [2.24, 2.45) is 0 Å². The third-order valence-electron chi connectivity index (χ3n) is 14.6. The lowest BCUT2D eigenvalue weighted by Gasteiger charge is -2.49. The Morgan fingerprint density at radius 3 is 1.49 bits per heavy atom. The number of nitrogens with one attached hydrogen (secondary N) is 2. The van der Waals surface area contributed by atoms with Crippen molar-refractivity contribution in [3.05, 3.63) is 0 Å². The predicted molar refractivity (Wildman–Crippen MR) is 302 cm³/mol. The summed E-state index contributed by atoms with van der Waals surface area (Å²) in [4.78, 5) is 96.8. The van der Waals surface area contributed by atoms with Crippen molar-refractivity contribution >= 4 is 51.3 Å². The molecule has 2 unspecified atom stereocenters. The molecule has 3 rings (SSSR count). The fourth-order valence-corrected chi connectivity index (χ4v) is 12.4. The highest BCUT2D eigenvalue weighted by Crippen LogP contribution is 2.61. The summed E-state index contributed by atoms with van der Waals surface area (Å²) < 4.78 is 85.7. The van der Waals surface area contributed by atoms with Gasteiger partial charge >= 0.3 is 39.5 Å². The van der Waals surface area contributed by atoms with Crippen molar-refractivity contribution in [1.29, 1.82) is 0 Å². The van der Waals surface area contributed by atoms with Gasteiger partial charge in [0, 0.05) is 33.6 Å². The van der Waals surface area contributed by atoms with E-state index in [1.807, 2.05) is 0 Å². The number of amides is 2. The van der Waals surface area contributed by atoms with Crippen LogP contribution in [0.3, 0.4) is 0 Å². The molecule has 0 aromatic rings. The number of carboxylic acid groups (broad SMARTS) is 1. The van der Waals surface area contributed by atoms with Crippen LogP contribution in [-0.2, 0) is 89.2 Å². The molecule has 31 heteroatoms. The molecular formula is C55H98N2O27P2. The molecule has 0 radical (unpaired) electrons. The topological polar surface area (TPSA) is 424 Å². The number of rotatable bonds is 43. The molecule has 18 atom stereocenters. The average Bonchev–Trinajstić information content (AvgIpc) is 2.29. The number of esters is 3. The van der Waals surface area contributed by atoms with Crippen molar-refractivity contribution < 1.29 is 130 Å². The first kappa shape index (κ1) is 76.9. The number of hydrogen-bond acceptors (Lipinski definition) is 24. The molecule has 0 aromatic heterocycles. The highest BCUT2D eigenvalue weighted by Gasteiger charge is 2.57. The Labute approximate surface area is 503 Å². The number of carboxylic acids is 1. The van der Waals surface area contributed by atoms with Crippen LogP contribution >= 0.6 is 15.6 Å². The van der Waals surface area contributed by atoms with E-state index >= 15 is 0 Å². The summed E-state index contributed by atoms with van der Waals surface area (Å²) in [5.74, 6) is -5.89. The summed E-state index contributed by atoms with van der Waals surface area (Å²) in [5, 5.41) is 70.2. The van der Waals surface area contributed by atoms with Crippen molar-refractivity contribution in [2.75, 3.05) is 19.8 Å². The van der Waals surface area contributed by atoms with Gasteiger partial charge in [-0.1, -0.05) is 142 Å². The van der Waals surface area contributed by atoms with Crippen LogP contribution in [0.25, 0.3) is 0 Å². The maximum atomic E-state index is 13.5. The molecule has 0 spiro atoms. The second kappa shape index (κ2) is 40.4. The summed E-state index contributed by atoms with van der Waals surface area (Å²) in [6.45, 7) is 5.81. The number of aliphatic hydroxyl groups is 5. The zero-order valence-electron chi connectivity index (χ0n) is 50.6. The molecule has 2 amide bonds. The second-order valence-electron chi connectivity index (χ2n) is 22.2. The van der Waals surface area contributed by atoms with Gasteiger partial charge in [-0.3, -0.25) is 33.0 Å². The molecule has 3 heterocycles. The van der Waals surface area contributed by atoms with Gasteiger partial charge in [0.15, 0.2) is 37.2 Å². The predicted octanol–water partition coefficient (Wildman–Crippen LogP) is 4.52. The molecular weight excluding hydrogens is 1180 g/mol. The number of ether oxygens (including phenoxy) is 8. The SMILES string of the molecule is CCCCCCCCCCCCCC(=O)OC[C@H](COP(=O)(O)OP(=O)(O)O[C@H]1O[C@H](CO)[C@@H](O[C@@H]2O[C@H](C(=O)O)[C@@H](O[C@H]3O[C@H](C)[C@H](OC(C)=O)[C@@H](O)[C@H]3O)[C@H](O)[C@@H]2NC(C)=O)[C@H](O)[C@H]1NC(C)=O)OC(=O)CCCCCCCCCCCCC. The van der Waals surface area contributed by atoms with Crippen LogP contribution in [0.15, 0.2) is 0 Å². The molecule has 3 aliphatic heterocycles. The minimum atomic E-state index is -5.96. The van der Waals surface area contributed by atoms with Crippen molar-refractivity contribution in [1.82, 2.24) is 10.6 Å². The van der Waals surface area contributed by atoms with Gasteiger partial charge in [0.2, 0.25) is 11.8 Å². The number of phosphoric acid groups is 2. The molecule has 29 nitrogen and oxygen atoms in total. The zero-order chi connectivity index (χ0) is 64.0. The Kier molecular flexibility index (Phi) is 36.2. The second-order valence-corrected chi connectivity index (χ2v) is 25.2. The lowest BCUT2D eigenvalue weighted by molar-refractivity contribution is -0.353. The van der Waals surface area contributed by atoms with Gasteiger partial charge in [-0.15, -0.1) is 0 Å². The average molecular weight is 1280 g/mol. The minimum absolute atomic E-state index is 0.0420. The van der Waals surface area contributed by atoms with E-state index in [4.69, 9.17) is 46.9 Å². The molecule has 86 heavy (non-hydrogen) atoms. The Hall–Kier alpha value is -3.32. The van der Waals surface area contributed by atoms with Gasteiger partial charge in [0.25, 0.3) is 0 Å². The first-order valence-corrected chi connectivity index (χ1v) is 33.3. The molecule has 3 fully saturated rings. The first-order valence-electron chi connectivity index (χ1n) is 30.3. The quantitative estimate of drug-likeness (QED) is 0.0174. The van der Waals surface area contributed by atoms with E-state index in [1.165, 1.54) is 71.1 Å². The Morgan fingerprint density at radius 2 is 1.01 bits per heavy atom. The van der Waals surface area contributed by atoms with Crippen LogP contribution in [-0.4, -0.2) is 194 Å². The highest BCUT2D eigenvalue weighted by molar-refractivity contribution is 7.61. The maximum Gasteiger partial charge on any atom is 0.483 e. The molecule has 0 aromatic carbocycles. The van der Waals surface area contributed by atoms with Gasteiger partial charge < -0.3 is 89.0 Å². The number of aliphatic carboxylic acids is 1. The van der Waals surface area contributed by atoms with E-state index in [0.29, 0.717) is 12.8 Å². The van der Waals surface area contributed by atoms with E-state index < -0.39 is 169 Å². The largest absolute Gasteiger partial charge is 0.483 e. The number of hydrogen-bond donors (Lipinski definition) is 10. The van der Waals surface area contributed by atoms with Crippen LogP contribution in [0.4, 0.5) is 0 Å². The molecule has 3 saturated heterocycles. The fourth-order valence-electron chi connectivity index (χ4n) is 10.2. The van der Waals surface area contributed by atoms with Gasteiger partial charge in [-0.2, -0.15) is 4.31 Å². The summed E-state index contributed by atoms with van der Waals surface area (Å²) in [6, 6.07) is -3.88. The monoisotopic (exact) mass is 1280 g/mol. The molecule has 3 aliphatic rings. The third-order valence-corrected chi connectivity index (χ3v) is 17.2. The van der Waals surface area contributed by atoms with Crippen LogP contribution in [0.5, 0.6) is 0 Å². The lowest BCUT2D eigenvalue weighted by atomic mass is 9.94. The number of unbranched alkanes of at least 4 members (excludes halogenated alkanes) is 20. The van der Waals surface area contributed by atoms with Crippen LogP contribution < -0.4 is 10.6 Å². The zero-order valence-corrected chi connectivity index (χ0v) is 52.3. The maximum absolute atomic E-state index is 13.5. The Morgan fingerprint density at radius 1 is 0.547 bits per heavy atom. The molecule has 500 valence electrons. The van der Waals surface area contributed by atoms with Gasteiger partial charge in [0.05, 0.1) is 19.3 Å². The van der Waals surface area contributed by atoms with Gasteiger partial charge in [-0.25, -0.2) is 13.9 Å². The lowest BCUT2D eigenvalue weighted by Crippen LogP contribution is -2.70. The molecule has 0 bridgehead atoms. The van der Waals surface area contributed by atoms with Crippen molar-refractivity contribution in [3.8, 4) is 0 Å². The highest BCUT2D eigenvalue weighted by atomic mass is 31.3. The first-order chi connectivity index (χ1) is 40.7. The van der Waals surface area contributed by atoms with E-state index in [0.717, 1.165) is 85.0 Å². The smallest absolute Gasteiger partial charge is 0.479 e.